The van der Waals surface area contributed by atoms with Gasteiger partial charge in [-0.1, -0.05) is 42.5 Å². The Kier molecular flexibility index (Phi) is 5.63. The Labute approximate surface area is 179 Å². The first kappa shape index (κ1) is 20.2. The van der Waals surface area contributed by atoms with E-state index < -0.39 is 5.41 Å². The zero-order chi connectivity index (χ0) is 21.1. The molecule has 0 aromatic heterocycles. The van der Waals surface area contributed by atoms with E-state index in [9.17, 15) is 14.4 Å². The fraction of sp³-hybridized carbons (Fsp3) is 0.261. The molecule has 0 unspecified atom stereocenters. The molecule has 2 aromatic carbocycles. The summed E-state index contributed by atoms with van der Waals surface area (Å²) in [7, 11) is 1.59. The van der Waals surface area contributed by atoms with Crippen LogP contribution in [0, 0.1) is 0 Å². The molecule has 7 heteroatoms. The monoisotopic (exact) mass is 422 g/mol. The topological polar surface area (TPSA) is 75.7 Å². The first-order valence-electron chi connectivity index (χ1n) is 9.77. The number of hydrogen-bond acceptors (Lipinski definition) is 5. The zero-order valence-corrected chi connectivity index (χ0v) is 17.4. The highest BCUT2D eigenvalue weighted by atomic mass is 32.2. The summed E-state index contributed by atoms with van der Waals surface area (Å²) in [4.78, 5) is 39.2. The predicted molar refractivity (Wildman–Crippen MR) is 116 cm³/mol. The zero-order valence-electron chi connectivity index (χ0n) is 16.6. The van der Waals surface area contributed by atoms with Gasteiger partial charge in [0, 0.05) is 13.1 Å². The van der Waals surface area contributed by atoms with Crippen molar-refractivity contribution in [1.29, 1.82) is 0 Å². The van der Waals surface area contributed by atoms with Gasteiger partial charge in [-0.3, -0.25) is 19.3 Å². The number of thioether (sulfide) groups is 1. The van der Waals surface area contributed by atoms with Gasteiger partial charge in [-0.2, -0.15) is 0 Å². The molecule has 0 radical (unpaired) electrons. The third kappa shape index (κ3) is 3.98. The van der Waals surface area contributed by atoms with Crippen molar-refractivity contribution < 1.29 is 19.1 Å². The summed E-state index contributed by atoms with van der Waals surface area (Å²) < 4.78 is 5.12. The number of methoxy groups -OCH3 is 1. The number of carbonyl (C=O) groups excluding carboxylic acids is 3. The highest BCUT2D eigenvalue weighted by Crippen LogP contribution is 2.48. The van der Waals surface area contributed by atoms with E-state index in [0.717, 1.165) is 41.5 Å². The average molecular weight is 423 g/mol. The Hall–Kier alpha value is -3.06. The highest BCUT2D eigenvalue weighted by molar-refractivity contribution is 8.18. The van der Waals surface area contributed by atoms with Crippen LogP contribution in [0.3, 0.4) is 0 Å². The van der Waals surface area contributed by atoms with E-state index in [0.29, 0.717) is 4.91 Å². The molecular weight excluding hydrogens is 400 g/mol. The van der Waals surface area contributed by atoms with Crippen LogP contribution >= 0.6 is 11.8 Å². The molecule has 154 valence electrons. The predicted octanol–water partition coefficient (Wildman–Crippen LogP) is 3.58. The van der Waals surface area contributed by atoms with Gasteiger partial charge >= 0.3 is 0 Å². The van der Waals surface area contributed by atoms with Gasteiger partial charge in [0.2, 0.25) is 5.91 Å². The van der Waals surface area contributed by atoms with Crippen LogP contribution in [-0.2, 0) is 15.0 Å². The van der Waals surface area contributed by atoms with Gasteiger partial charge in [0.1, 0.15) is 5.75 Å². The van der Waals surface area contributed by atoms with E-state index in [1.54, 1.807) is 25.3 Å². The van der Waals surface area contributed by atoms with Crippen LogP contribution in [0.2, 0.25) is 0 Å². The molecule has 1 heterocycles. The molecule has 1 saturated heterocycles. The van der Waals surface area contributed by atoms with E-state index in [2.05, 4.69) is 5.32 Å². The van der Waals surface area contributed by atoms with Crippen LogP contribution in [0.5, 0.6) is 5.75 Å². The number of rotatable bonds is 7. The van der Waals surface area contributed by atoms with Gasteiger partial charge in [0.05, 0.1) is 17.4 Å². The summed E-state index contributed by atoms with van der Waals surface area (Å²) in [6.07, 6.45) is 3.32. The number of benzene rings is 2. The number of carbonyl (C=O) groups is 3. The first-order valence-corrected chi connectivity index (χ1v) is 10.6. The quantitative estimate of drug-likeness (QED) is 0.691. The van der Waals surface area contributed by atoms with Crippen molar-refractivity contribution in [2.75, 3.05) is 20.2 Å². The van der Waals surface area contributed by atoms with Crippen LogP contribution in [-0.4, -0.2) is 42.2 Å². The van der Waals surface area contributed by atoms with Gasteiger partial charge < -0.3 is 10.1 Å². The largest absolute Gasteiger partial charge is 0.497 e. The summed E-state index contributed by atoms with van der Waals surface area (Å²) in [6.45, 7) is 0.391. The maximum atomic E-state index is 12.7. The van der Waals surface area contributed by atoms with Crippen molar-refractivity contribution in [3.05, 3.63) is 70.6 Å². The minimum atomic E-state index is -0.464. The maximum Gasteiger partial charge on any atom is 0.293 e. The van der Waals surface area contributed by atoms with Gasteiger partial charge in [0.15, 0.2) is 0 Å². The first-order chi connectivity index (χ1) is 14.5. The van der Waals surface area contributed by atoms with Crippen LogP contribution in [0.1, 0.15) is 24.0 Å². The fourth-order valence-corrected chi connectivity index (χ4v) is 4.39. The van der Waals surface area contributed by atoms with E-state index in [1.807, 2.05) is 42.5 Å². The van der Waals surface area contributed by atoms with Gasteiger partial charge in [0.25, 0.3) is 11.1 Å². The van der Waals surface area contributed by atoms with Crippen LogP contribution in [0.15, 0.2) is 59.5 Å². The third-order valence-electron chi connectivity index (χ3n) is 5.42. The number of ether oxygens (including phenoxy) is 1. The summed E-state index contributed by atoms with van der Waals surface area (Å²) in [5.41, 5.74) is 1.36. The lowest BCUT2D eigenvalue weighted by atomic mass is 9.95. The van der Waals surface area contributed by atoms with Crippen LogP contribution in [0.4, 0.5) is 4.79 Å². The second-order valence-corrected chi connectivity index (χ2v) is 8.30. The number of nitrogens with zero attached hydrogens (tertiary/aromatic N) is 1. The Morgan fingerprint density at radius 2 is 1.83 bits per heavy atom. The molecule has 2 fully saturated rings. The molecule has 4 rings (SSSR count). The van der Waals surface area contributed by atoms with Crippen LogP contribution in [0.25, 0.3) is 6.08 Å². The summed E-state index contributed by atoms with van der Waals surface area (Å²) >= 11 is 0.915. The van der Waals surface area contributed by atoms with Crippen molar-refractivity contribution in [3.8, 4) is 5.75 Å². The van der Waals surface area contributed by atoms with Crippen molar-refractivity contribution in [3.63, 3.8) is 0 Å². The van der Waals surface area contributed by atoms with Crippen molar-refractivity contribution in [1.82, 2.24) is 10.2 Å². The Bertz CT molecular complexity index is 998. The van der Waals surface area contributed by atoms with E-state index in [1.165, 1.54) is 4.90 Å². The fourth-order valence-electron chi connectivity index (χ4n) is 3.52. The minimum Gasteiger partial charge on any atom is -0.497 e. The standard InChI is InChI=1S/C23H22N2O4S/c1-29-18-9-7-16(8-10-18)15-19-20(26)25(22(28)30-19)14-13-24-21(27)23(11-12-23)17-5-3-2-4-6-17/h2-10,15H,11-14H2,1H3,(H,24,27)/b19-15+. The molecule has 0 atom stereocenters. The van der Waals surface area contributed by atoms with Gasteiger partial charge in [-0.15, -0.1) is 0 Å². The third-order valence-corrected chi connectivity index (χ3v) is 6.33. The van der Waals surface area contributed by atoms with E-state index in [4.69, 9.17) is 4.74 Å². The molecule has 0 bridgehead atoms. The van der Waals surface area contributed by atoms with Crippen LogP contribution < -0.4 is 10.1 Å². The second-order valence-electron chi connectivity index (χ2n) is 7.31. The molecule has 1 aliphatic carbocycles. The molecule has 30 heavy (non-hydrogen) atoms. The van der Waals surface area contributed by atoms with Crippen molar-refractivity contribution >= 4 is 34.9 Å². The molecule has 3 amide bonds. The molecule has 2 aromatic rings. The van der Waals surface area contributed by atoms with E-state index in [-0.39, 0.29) is 30.1 Å². The lowest BCUT2D eigenvalue weighted by Gasteiger charge is -2.17. The average Bonchev–Trinajstić information content (AvgIpc) is 3.54. The lowest BCUT2D eigenvalue weighted by Crippen LogP contribution is -2.41. The Morgan fingerprint density at radius 1 is 1.13 bits per heavy atom. The number of nitrogens with one attached hydrogen (secondary N) is 1. The SMILES string of the molecule is COc1ccc(/C=C2/SC(=O)N(CCNC(=O)C3(c4ccccc4)CC3)C2=O)cc1. The minimum absolute atomic E-state index is 0.0468. The molecule has 1 N–H and O–H groups in total. The molecular formula is C23H22N2O4S. The smallest absolute Gasteiger partial charge is 0.293 e. The molecule has 1 saturated carbocycles. The van der Waals surface area contributed by atoms with Gasteiger partial charge in [-0.05, 0) is 53.9 Å². The molecule has 1 aliphatic heterocycles. The normalized spacial score (nSPS) is 18.6. The number of hydrogen-bond donors (Lipinski definition) is 1. The number of imide groups is 1. The Balaban J connectivity index is 1.35. The van der Waals surface area contributed by atoms with Crippen molar-refractivity contribution in [2.45, 2.75) is 18.3 Å². The summed E-state index contributed by atoms with van der Waals surface area (Å²) in [5, 5.41) is 2.58. The van der Waals surface area contributed by atoms with Crippen molar-refractivity contribution in [2.24, 2.45) is 0 Å². The maximum absolute atomic E-state index is 12.7. The summed E-state index contributed by atoms with van der Waals surface area (Å²) in [5.74, 6) is 0.341. The Morgan fingerprint density at radius 3 is 2.47 bits per heavy atom. The van der Waals surface area contributed by atoms with Gasteiger partial charge in [-0.25, -0.2) is 0 Å². The summed E-state index contributed by atoms with van der Waals surface area (Å²) in [6, 6.07) is 17.0. The molecule has 6 nitrogen and oxygen atoms in total. The highest BCUT2D eigenvalue weighted by Gasteiger charge is 2.51. The second kappa shape index (κ2) is 8.36. The molecule has 0 spiro atoms. The lowest BCUT2D eigenvalue weighted by molar-refractivity contribution is -0.125. The number of amides is 3. The molecule has 2 aliphatic rings. The van der Waals surface area contributed by atoms with E-state index >= 15 is 0 Å².